The van der Waals surface area contributed by atoms with Gasteiger partial charge in [-0.25, -0.2) is 8.78 Å². The lowest BCUT2D eigenvalue weighted by molar-refractivity contribution is -0.121. The SMILES string of the molecule is CCN(C)c1cccc(NC(=O)C2CCN(C(=O)c3ccc(F)cc3F)CC2)c1. The summed E-state index contributed by atoms with van der Waals surface area (Å²) in [5, 5.41) is 2.95. The first-order valence-corrected chi connectivity index (χ1v) is 9.75. The molecule has 5 nitrogen and oxygen atoms in total. The quantitative estimate of drug-likeness (QED) is 0.827. The lowest BCUT2D eigenvalue weighted by Gasteiger charge is -2.31. The Morgan fingerprint density at radius 2 is 1.86 bits per heavy atom. The monoisotopic (exact) mass is 401 g/mol. The standard InChI is InChI=1S/C22H25F2N3O2/c1-3-26(2)18-6-4-5-17(14-18)25-21(28)15-9-11-27(12-10-15)22(29)19-8-7-16(23)13-20(19)24/h4-8,13-15H,3,9-12H2,1-2H3,(H,25,28). The summed E-state index contributed by atoms with van der Waals surface area (Å²) < 4.78 is 26.9. The van der Waals surface area contributed by atoms with Gasteiger partial charge in [0.25, 0.3) is 5.91 Å². The van der Waals surface area contributed by atoms with Crippen LogP contribution in [0.5, 0.6) is 0 Å². The van der Waals surface area contributed by atoms with Gasteiger partial charge < -0.3 is 15.1 Å². The molecule has 7 heteroatoms. The number of nitrogens with zero attached hydrogens (tertiary/aromatic N) is 2. The number of nitrogens with one attached hydrogen (secondary N) is 1. The number of benzene rings is 2. The van der Waals surface area contributed by atoms with Crippen molar-refractivity contribution in [1.29, 1.82) is 0 Å². The predicted octanol–water partition coefficient (Wildman–Crippen LogP) is 3.91. The fourth-order valence-electron chi connectivity index (χ4n) is 3.43. The van der Waals surface area contributed by atoms with Crippen LogP contribution >= 0.6 is 0 Å². The van der Waals surface area contributed by atoms with E-state index in [9.17, 15) is 18.4 Å². The summed E-state index contributed by atoms with van der Waals surface area (Å²) in [5.74, 6) is -2.36. The van der Waals surface area contributed by atoms with E-state index in [1.54, 1.807) is 0 Å². The number of likely N-dealkylation sites (tertiary alicyclic amines) is 1. The average Bonchev–Trinajstić information content (AvgIpc) is 2.73. The molecule has 154 valence electrons. The van der Waals surface area contributed by atoms with E-state index in [-0.39, 0.29) is 17.4 Å². The molecule has 0 radical (unpaired) electrons. The number of hydrogen-bond acceptors (Lipinski definition) is 3. The number of anilines is 2. The van der Waals surface area contributed by atoms with Crippen molar-refractivity contribution in [1.82, 2.24) is 4.90 Å². The van der Waals surface area contributed by atoms with Crippen molar-refractivity contribution < 1.29 is 18.4 Å². The highest BCUT2D eigenvalue weighted by Gasteiger charge is 2.29. The van der Waals surface area contributed by atoms with Crippen LogP contribution < -0.4 is 10.2 Å². The number of amides is 2. The molecular weight excluding hydrogens is 376 g/mol. The van der Waals surface area contributed by atoms with Crippen molar-refractivity contribution in [3.8, 4) is 0 Å². The van der Waals surface area contributed by atoms with Crippen molar-refractivity contribution in [2.45, 2.75) is 19.8 Å². The number of carbonyl (C=O) groups is 2. The highest BCUT2D eigenvalue weighted by Crippen LogP contribution is 2.23. The molecule has 1 N–H and O–H groups in total. The van der Waals surface area contributed by atoms with Crippen LogP contribution in [0.25, 0.3) is 0 Å². The molecule has 0 aliphatic carbocycles. The fraction of sp³-hybridized carbons (Fsp3) is 0.364. The number of halogens is 2. The topological polar surface area (TPSA) is 52.7 Å². The summed E-state index contributed by atoms with van der Waals surface area (Å²) in [7, 11) is 1.98. The minimum Gasteiger partial charge on any atom is -0.375 e. The molecule has 1 fully saturated rings. The number of rotatable bonds is 5. The average molecular weight is 401 g/mol. The zero-order valence-corrected chi connectivity index (χ0v) is 16.6. The van der Waals surface area contributed by atoms with Crippen LogP contribution in [0.2, 0.25) is 0 Å². The summed E-state index contributed by atoms with van der Waals surface area (Å²) in [6, 6.07) is 10.6. The van der Waals surface area contributed by atoms with Gasteiger partial charge in [0.15, 0.2) is 0 Å². The third kappa shape index (κ3) is 4.91. The Labute approximate surface area is 169 Å². The summed E-state index contributed by atoms with van der Waals surface area (Å²) in [4.78, 5) is 28.7. The van der Waals surface area contributed by atoms with Crippen LogP contribution in [0.3, 0.4) is 0 Å². The summed E-state index contributed by atoms with van der Waals surface area (Å²) >= 11 is 0. The van der Waals surface area contributed by atoms with Crippen LogP contribution in [0.15, 0.2) is 42.5 Å². The molecule has 0 spiro atoms. The van der Waals surface area contributed by atoms with E-state index in [1.165, 1.54) is 4.90 Å². The first-order valence-electron chi connectivity index (χ1n) is 9.75. The van der Waals surface area contributed by atoms with Crippen molar-refractivity contribution in [3.05, 3.63) is 59.7 Å². The number of hydrogen-bond donors (Lipinski definition) is 1. The zero-order chi connectivity index (χ0) is 21.0. The molecule has 2 amide bonds. The Morgan fingerprint density at radius 3 is 2.52 bits per heavy atom. The van der Waals surface area contributed by atoms with Gasteiger partial charge in [-0.05, 0) is 50.1 Å². The summed E-state index contributed by atoms with van der Waals surface area (Å²) in [5.41, 5.74) is 1.61. The second kappa shape index (κ2) is 9.03. The summed E-state index contributed by atoms with van der Waals surface area (Å²) in [6.45, 7) is 3.62. The van der Waals surface area contributed by atoms with Gasteiger partial charge in [-0.15, -0.1) is 0 Å². The van der Waals surface area contributed by atoms with E-state index in [1.807, 2.05) is 31.3 Å². The third-order valence-electron chi connectivity index (χ3n) is 5.34. The highest BCUT2D eigenvalue weighted by atomic mass is 19.1. The molecule has 0 atom stereocenters. The van der Waals surface area contributed by atoms with Gasteiger partial charge in [-0.2, -0.15) is 0 Å². The van der Waals surface area contributed by atoms with Crippen molar-refractivity contribution in [3.63, 3.8) is 0 Å². The van der Waals surface area contributed by atoms with Crippen LogP contribution in [-0.4, -0.2) is 43.4 Å². The van der Waals surface area contributed by atoms with Gasteiger partial charge in [0.1, 0.15) is 11.6 Å². The number of piperidine rings is 1. The molecule has 2 aromatic rings. The molecule has 2 aromatic carbocycles. The van der Waals surface area contributed by atoms with Gasteiger partial charge in [0.2, 0.25) is 5.91 Å². The highest BCUT2D eigenvalue weighted by molar-refractivity contribution is 5.95. The Bertz CT molecular complexity index is 895. The Kier molecular flexibility index (Phi) is 6.46. The van der Waals surface area contributed by atoms with E-state index < -0.39 is 17.5 Å². The second-order valence-electron chi connectivity index (χ2n) is 7.24. The smallest absolute Gasteiger partial charge is 0.256 e. The van der Waals surface area contributed by atoms with Crippen LogP contribution in [0.4, 0.5) is 20.2 Å². The normalized spacial score (nSPS) is 14.6. The first kappa shape index (κ1) is 20.8. The minimum absolute atomic E-state index is 0.0821. The molecule has 29 heavy (non-hydrogen) atoms. The van der Waals surface area contributed by atoms with E-state index in [0.717, 1.165) is 30.1 Å². The van der Waals surface area contributed by atoms with Crippen molar-refractivity contribution >= 4 is 23.2 Å². The van der Waals surface area contributed by atoms with Crippen LogP contribution in [0.1, 0.15) is 30.1 Å². The maximum atomic E-state index is 13.9. The van der Waals surface area contributed by atoms with Gasteiger partial charge in [0, 0.05) is 50.0 Å². The molecular formula is C22H25F2N3O2. The Balaban J connectivity index is 1.57. The predicted molar refractivity (Wildman–Crippen MR) is 109 cm³/mol. The van der Waals surface area contributed by atoms with Crippen LogP contribution in [0, 0.1) is 17.6 Å². The molecule has 0 aromatic heterocycles. The molecule has 1 aliphatic heterocycles. The largest absolute Gasteiger partial charge is 0.375 e. The molecule has 1 heterocycles. The fourth-order valence-corrected chi connectivity index (χ4v) is 3.43. The van der Waals surface area contributed by atoms with E-state index in [0.29, 0.717) is 32.0 Å². The Morgan fingerprint density at radius 1 is 1.14 bits per heavy atom. The van der Waals surface area contributed by atoms with Gasteiger partial charge in [-0.1, -0.05) is 6.07 Å². The summed E-state index contributed by atoms with van der Waals surface area (Å²) in [6.07, 6.45) is 0.990. The van der Waals surface area contributed by atoms with Crippen LogP contribution in [-0.2, 0) is 4.79 Å². The van der Waals surface area contributed by atoms with Gasteiger partial charge >= 0.3 is 0 Å². The molecule has 0 unspecified atom stereocenters. The van der Waals surface area contributed by atoms with Gasteiger partial charge in [-0.3, -0.25) is 9.59 Å². The second-order valence-corrected chi connectivity index (χ2v) is 7.24. The molecule has 1 aliphatic rings. The Hall–Kier alpha value is -2.96. The lowest BCUT2D eigenvalue weighted by Crippen LogP contribution is -2.41. The molecule has 3 rings (SSSR count). The maximum absolute atomic E-state index is 13.9. The molecule has 0 saturated carbocycles. The van der Waals surface area contributed by atoms with Crippen molar-refractivity contribution in [2.75, 3.05) is 36.9 Å². The molecule has 0 bridgehead atoms. The lowest BCUT2D eigenvalue weighted by atomic mass is 9.95. The zero-order valence-electron chi connectivity index (χ0n) is 16.6. The third-order valence-corrected chi connectivity index (χ3v) is 5.34. The van der Waals surface area contributed by atoms with E-state index in [4.69, 9.17) is 0 Å². The van der Waals surface area contributed by atoms with E-state index >= 15 is 0 Å². The first-order chi connectivity index (χ1) is 13.9. The van der Waals surface area contributed by atoms with E-state index in [2.05, 4.69) is 17.1 Å². The van der Waals surface area contributed by atoms with Crippen molar-refractivity contribution in [2.24, 2.45) is 5.92 Å². The maximum Gasteiger partial charge on any atom is 0.256 e. The number of carbonyl (C=O) groups excluding carboxylic acids is 2. The van der Waals surface area contributed by atoms with Gasteiger partial charge in [0.05, 0.1) is 5.56 Å². The molecule has 1 saturated heterocycles. The minimum atomic E-state index is -0.869.